The van der Waals surface area contributed by atoms with E-state index < -0.39 is 11.9 Å². The van der Waals surface area contributed by atoms with E-state index in [9.17, 15) is 9.59 Å². The maximum atomic E-state index is 11.7. The summed E-state index contributed by atoms with van der Waals surface area (Å²) in [4.78, 5) is 22.7. The van der Waals surface area contributed by atoms with Crippen molar-refractivity contribution in [3.8, 4) is 0 Å². The van der Waals surface area contributed by atoms with Crippen LogP contribution >= 0.6 is 0 Å². The van der Waals surface area contributed by atoms with Crippen LogP contribution in [0.5, 0.6) is 0 Å². The van der Waals surface area contributed by atoms with E-state index in [1.54, 1.807) is 0 Å². The molecule has 1 amide bonds. The van der Waals surface area contributed by atoms with Crippen LogP contribution in [0, 0.1) is 11.8 Å². The fraction of sp³-hybridized carbons (Fsp3) is 0.500. The van der Waals surface area contributed by atoms with Crippen molar-refractivity contribution >= 4 is 11.9 Å². The van der Waals surface area contributed by atoms with E-state index in [0.29, 0.717) is 6.54 Å². The molecule has 1 rings (SSSR count). The molecule has 1 aromatic carbocycles. The van der Waals surface area contributed by atoms with E-state index in [-0.39, 0.29) is 18.2 Å². The van der Waals surface area contributed by atoms with Gasteiger partial charge in [-0.3, -0.25) is 9.59 Å². The standard InChI is InChI=1S/C16H23NO3/c1-12(2)14(16(19)20)11-15(18)17-10-6-9-13-7-4-3-5-8-13/h3-5,7-8,12,14H,6,9-11H2,1-2H3,(H,17,18)(H,19,20). The second kappa shape index (κ2) is 8.35. The quantitative estimate of drug-likeness (QED) is 0.717. The molecule has 20 heavy (non-hydrogen) atoms. The van der Waals surface area contributed by atoms with Gasteiger partial charge in [0.15, 0.2) is 0 Å². The van der Waals surface area contributed by atoms with E-state index in [2.05, 4.69) is 17.4 Å². The molecule has 0 fully saturated rings. The SMILES string of the molecule is CC(C)C(CC(=O)NCCCc1ccccc1)C(=O)O. The number of carbonyl (C=O) groups is 2. The highest BCUT2D eigenvalue weighted by atomic mass is 16.4. The second-order valence-electron chi connectivity index (χ2n) is 5.33. The zero-order valence-corrected chi connectivity index (χ0v) is 12.1. The molecule has 4 nitrogen and oxygen atoms in total. The molecular weight excluding hydrogens is 254 g/mol. The maximum Gasteiger partial charge on any atom is 0.307 e. The number of rotatable bonds is 8. The third kappa shape index (κ3) is 5.87. The highest BCUT2D eigenvalue weighted by Gasteiger charge is 2.24. The van der Waals surface area contributed by atoms with Gasteiger partial charge >= 0.3 is 5.97 Å². The first-order valence-corrected chi connectivity index (χ1v) is 7.04. The molecule has 0 radical (unpaired) electrons. The Hall–Kier alpha value is -1.84. The molecule has 2 N–H and O–H groups in total. The molecule has 4 heteroatoms. The first kappa shape index (κ1) is 16.2. The molecule has 0 heterocycles. The van der Waals surface area contributed by atoms with Crippen molar-refractivity contribution in [2.45, 2.75) is 33.1 Å². The largest absolute Gasteiger partial charge is 0.481 e. The molecule has 110 valence electrons. The zero-order valence-electron chi connectivity index (χ0n) is 12.1. The average molecular weight is 277 g/mol. The van der Waals surface area contributed by atoms with E-state index in [0.717, 1.165) is 12.8 Å². The summed E-state index contributed by atoms with van der Waals surface area (Å²) in [5.74, 6) is -1.73. The van der Waals surface area contributed by atoms with Gasteiger partial charge < -0.3 is 10.4 Å². The molecule has 0 bridgehead atoms. The van der Waals surface area contributed by atoms with Crippen molar-refractivity contribution in [1.29, 1.82) is 0 Å². The van der Waals surface area contributed by atoms with Gasteiger partial charge in [0.05, 0.1) is 5.92 Å². The fourth-order valence-corrected chi connectivity index (χ4v) is 2.05. The van der Waals surface area contributed by atoms with Gasteiger partial charge in [0.2, 0.25) is 5.91 Å². The van der Waals surface area contributed by atoms with Gasteiger partial charge in [0, 0.05) is 13.0 Å². The Bertz CT molecular complexity index is 429. The number of carboxylic acid groups (broad SMARTS) is 1. The van der Waals surface area contributed by atoms with Crippen molar-refractivity contribution in [3.63, 3.8) is 0 Å². The highest BCUT2D eigenvalue weighted by molar-refractivity contribution is 5.82. The molecule has 1 atom stereocenters. The first-order valence-electron chi connectivity index (χ1n) is 7.04. The number of aliphatic carboxylic acids is 1. The third-order valence-electron chi connectivity index (χ3n) is 3.33. The molecule has 0 saturated heterocycles. The van der Waals surface area contributed by atoms with Crippen LogP contribution < -0.4 is 5.32 Å². The lowest BCUT2D eigenvalue weighted by molar-refractivity contribution is -0.145. The Morgan fingerprint density at radius 1 is 1.20 bits per heavy atom. The van der Waals surface area contributed by atoms with Crippen LogP contribution in [0.15, 0.2) is 30.3 Å². The number of carbonyl (C=O) groups excluding carboxylic acids is 1. The van der Waals surface area contributed by atoms with Gasteiger partial charge in [0.25, 0.3) is 0 Å². The predicted molar refractivity (Wildman–Crippen MR) is 78.4 cm³/mol. The number of hydrogen-bond donors (Lipinski definition) is 2. The lowest BCUT2D eigenvalue weighted by Gasteiger charge is -2.15. The van der Waals surface area contributed by atoms with Gasteiger partial charge in [-0.1, -0.05) is 44.2 Å². The Balaban J connectivity index is 2.24. The number of benzene rings is 1. The summed E-state index contributed by atoms with van der Waals surface area (Å²) in [6.07, 6.45) is 1.82. The van der Waals surface area contributed by atoms with Crippen molar-refractivity contribution < 1.29 is 14.7 Å². The molecule has 0 aromatic heterocycles. The minimum atomic E-state index is -0.903. The van der Waals surface area contributed by atoms with Crippen LogP contribution in [0.25, 0.3) is 0 Å². The van der Waals surface area contributed by atoms with Crippen LogP contribution in [0.1, 0.15) is 32.3 Å². The minimum absolute atomic E-state index is 0.0393. The lowest BCUT2D eigenvalue weighted by Crippen LogP contribution is -2.31. The van der Waals surface area contributed by atoms with Crippen LogP contribution in [-0.2, 0) is 16.0 Å². The fourth-order valence-electron chi connectivity index (χ4n) is 2.05. The summed E-state index contributed by atoms with van der Waals surface area (Å²) in [6, 6.07) is 10.1. The number of amides is 1. The first-order chi connectivity index (χ1) is 9.50. The number of carboxylic acids is 1. The predicted octanol–water partition coefficient (Wildman–Crippen LogP) is 2.48. The summed E-state index contributed by atoms with van der Waals surface area (Å²) >= 11 is 0. The number of nitrogens with one attached hydrogen (secondary N) is 1. The topological polar surface area (TPSA) is 66.4 Å². The van der Waals surface area contributed by atoms with Crippen LogP contribution in [0.2, 0.25) is 0 Å². The van der Waals surface area contributed by atoms with Crippen molar-refractivity contribution in [3.05, 3.63) is 35.9 Å². The summed E-state index contributed by atoms with van der Waals surface area (Å²) in [5.41, 5.74) is 1.24. The summed E-state index contributed by atoms with van der Waals surface area (Å²) in [6.45, 7) is 4.22. The van der Waals surface area contributed by atoms with Crippen LogP contribution in [-0.4, -0.2) is 23.5 Å². The molecule has 0 aliphatic heterocycles. The Labute approximate surface area is 120 Å². The molecule has 0 aliphatic carbocycles. The highest BCUT2D eigenvalue weighted by Crippen LogP contribution is 2.15. The van der Waals surface area contributed by atoms with Crippen molar-refractivity contribution in [1.82, 2.24) is 5.32 Å². The Kier molecular flexibility index (Phi) is 6.77. The summed E-state index contributed by atoms with van der Waals surface area (Å²) in [7, 11) is 0. The number of hydrogen-bond acceptors (Lipinski definition) is 2. The second-order valence-corrected chi connectivity index (χ2v) is 5.33. The number of aryl methyl sites for hydroxylation is 1. The van der Waals surface area contributed by atoms with Gasteiger partial charge in [-0.05, 0) is 24.3 Å². The molecule has 0 spiro atoms. The van der Waals surface area contributed by atoms with Gasteiger partial charge in [0.1, 0.15) is 0 Å². The van der Waals surface area contributed by atoms with E-state index in [1.165, 1.54) is 5.56 Å². The molecular formula is C16H23NO3. The average Bonchev–Trinajstić information content (AvgIpc) is 2.41. The smallest absolute Gasteiger partial charge is 0.307 e. The normalized spacial score (nSPS) is 12.2. The van der Waals surface area contributed by atoms with E-state index >= 15 is 0 Å². The van der Waals surface area contributed by atoms with Gasteiger partial charge in [-0.15, -0.1) is 0 Å². The monoisotopic (exact) mass is 277 g/mol. The third-order valence-corrected chi connectivity index (χ3v) is 3.33. The minimum Gasteiger partial charge on any atom is -0.481 e. The lowest BCUT2D eigenvalue weighted by atomic mass is 9.92. The van der Waals surface area contributed by atoms with Gasteiger partial charge in [-0.25, -0.2) is 0 Å². The van der Waals surface area contributed by atoms with E-state index in [1.807, 2.05) is 32.0 Å². The molecule has 1 unspecified atom stereocenters. The zero-order chi connectivity index (χ0) is 15.0. The van der Waals surface area contributed by atoms with Crippen LogP contribution in [0.3, 0.4) is 0 Å². The van der Waals surface area contributed by atoms with Crippen molar-refractivity contribution in [2.24, 2.45) is 11.8 Å². The molecule has 0 aliphatic rings. The van der Waals surface area contributed by atoms with Crippen molar-refractivity contribution in [2.75, 3.05) is 6.54 Å². The molecule has 0 saturated carbocycles. The van der Waals surface area contributed by atoms with E-state index in [4.69, 9.17) is 5.11 Å². The summed E-state index contributed by atoms with van der Waals surface area (Å²) in [5, 5.41) is 11.8. The van der Waals surface area contributed by atoms with Crippen LogP contribution in [0.4, 0.5) is 0 Å². The Morgan fingerprint density at radius 2 is 1.85 bits per heavy atom. The van der Waals surface area contributed by atoms with Gasteiger partial charge in [-0.2, -0.15) is 0 Å². The maximum absolute atomic E-state index is 11.7. The summed E-state index contributed by atoms with van der Waals surface area (Å²) < 4.78 is 0. The molecule has 1 aromatic rings. The Morgan fingerprint density at radius 3 is 2.40 bits per heavy atom.